The minimum absolute atomic E-state index is 0.0770. The average molecular weight is 342 g/mol. The quantitative estimate of drug-likeness (QED) is 0.834. The largest absolute Gasteiger partial charge is 0.379 e. The number of nitrogens with zero attached hydrogens (tertiary/aromatic N) is 2. The predicted molar refractivity (Wildman–Crippen MR) is 88.8 cm³/mol. The summed E-state index contributed by atoms with van der Waals surface area (Å²) in [6, 6.07) is -0.208. The molecule has 1 aliphatic heterocycles. The Kier molecular flexibility index (Phi) is 6.21. The molecule has 1 amide bonds. The van der Waals surface area contributed by atoms with Crippen LogP contribution >= 0.6 is 11.6 Å². The Morgan fingerprint density at radius 1 is 1.57 bits per heavy atom. The van der Waals surface area contributed by atoms with Crippen molar-refractivity contribution < 1.29 is 14.3 Å². The maximum Gasteiger partial charge on any atom is 0.273 e. The van der Waals surface area contributed by atoms with Gasteiger partial charge >= 0.3 is 0 Å². The van der Waals surface area contributed by atoms with Gasteiger partial charge in [0.1, 0.15) is 0 Å². The monoisotopic (exact) mass is 341 g/mol. The van der Waals surface area contributed by atoms with Crippen molar-refractivity contribution in [2.75, 3.05) is 19.8 Å². The molecule has 2 atom stereocenters. The zero-order chi connectivity index (χ0) is 17.0. The van der Waals surface area contributed by atoms with Crippen LogP contribution in [0.1, 0.15) is 36.5 Å². The van der Waals surface area contributed by atoms with E-state index in [1.807, 2.05) is 26.8 Å². The van der Waals surface area contributed by atoms with Crippen molar-refractivity contribution in [3.63, 3.8) is 0 Å². The van der Waals surface area contributed by atoms with Crippen LogP contribution < -0.4 is 5.32 Å². The first kappa shape index (κ1) is 18.0. The van der Waals surface area contributed by atoms with Gasteiger partial charge in [-0.3, -0.25) is 9.48 Å². The molecular weight excluding hydrogens is 318 g/mol. The van der Waals surface area contributed by atoms with Crippen LogP contribution in [0.15, 0.2) is 11.6 Å². The molecule has 0 saturated carbocycles. The number of ether oxygens (including phenoxy) is 2. The molecular formula is C16H24ClN3O3. The van der Waals surface area contributed by atoms with E-state index in [1.165, 1.54) is 5.57 Å². The average Bonchev–Trinajstić information content (AvgIpc) is 2.76. The molecule has 0 unspecified atom stereocenters. The molecule has 6 nitrogen and oxygen atoms in total. The molecule has 1 fully saturated rings. The van der Waals surface area contributed by atoms with E-state index in [2.05, 4.69) is 10.4 Å². The molecule has 2 heterocycles. The minimum Gasteiger partial charge on any atom is -0.379 e. The lowest BCUT2D eigenvalue weighted by atomic mass is 10.1. The summed E-state index contributed by atoms with van der Waals surface area (Å²) in [4.78, 5) is 12.4. The van der Waals surface area contributed by atoms with Gasteiger partial charge in [0.15, 0.2) is 5.69 Å². The van der Waals surface area contributed by atoms with Crippen LogP contribution in [0.25, 0.3) is 0 Å². The first-order chi connectivity index (χ1) is 10.9. The molecule has 1 aliphatic rings. The molecule has 0 aliphatic carbocycles. The standard InChI is InChI=1S/C16H24ClN3O3/c1-10(2)5-8-23-13-6-7-22-9-12(13)18-16(21)15-14(17)11(3)20(4)19-15/h5,12-13H,6-9H2,1-4H3,(H,18,21)/t12-,13+/m0/s1. The van der Waals surface area contributed by atoms with Gasteiger partial charge in [0, 0.05) is 13.7 Å². The third-order valence-electron chi connectivity index (χ3n) is 3.89. The molecule has 23 heavy (non-hydrogen) atoms. The lowest BCUT2D eigenvalue weighted by molar-refractivity contribution is -0.0457. The Morgan fingerprint density at radius 3 is 2.91 bits per heavy atom. The predicted octanol–water partition coefficient (Wildman–Crippen LogP) is 2.25. The molecule has 7 heteroatoms. The third kappa shape index (κ3) is 4.56. The SMILES string of the molecule is CC(C)=CCO[C@@H]1CCOC[C@@H]1NC(=O)c1nn(C)c(C)c1Cl. The van der Waals surface area contributed by atoms with E-state index in [-0.39, 0.29) is 23.7 Å². The summed E-state index contributed by atoms with van der Waals surface area (Å²) < 4.78 is 12.9. The van der Waals surface area contributed by atoms with E-state index in [9.17, 15) is 4.79 Å². The number of allylic oxidation sites excluding steroid dienone is 1. The number of carbonyl (C=O) groups excluding carboxylic acids is 1. The Hall–Kier alpha value is -1.37. The number of aryl methyl sites for hydroxylation is 1. The lowest BCUT2D eigenvalue weighted by Crippen LogP contribution is -2.50. The van der Waals surface area contributed by atoms with Crippen LogP contribution in [0, 0.1) is 6.92 Å². The Balaban J connectivity index is 2.01. The number of amides is 1. The van der Waals surface area contributed by atoms with Gasteiger partial charge < -0.3 is 14.8 Å². The number of rotatable bonds is 5. The van der Waals surface area contributed by atoms with Crippen molar-refractivity contribution in [3.8, 4) is 0 Å². The van der Waals surface area contributed by atoms with Crippen LogP contribution in [0.5, 0.6) is 0 Å². The molecule has 0 radical (unpaired) electrons. The van der Waals surface area contributed by atoms with Crippen LogP contribution in [-0.2, 0) is 16.5 Å². The number of halogens is 1. The van der Waals surface area contributed by atoms with Crippen molar-refractivity contribution in [3.05, 3.63) is 28.1 Å². The highest BCUT2D eigenvalue weighted by Gasteiger charge is 2.29. The summed E-state index contributed by atoms with van der Waals surface area (Å²) in [5, 5.41) is 7.48. The number of nitrogens with one attached hydrogen (secondary N) is 1. The van der Waals surface area contributed by atoms with Gasteiger partial charge in [-0.25, -0.2) is 0 Å². The smallest absolute Gasteiger partial charge is 0.273 e. The summed E-state index contributed by atoms with van der Waals surface area (Å²) in [7, 11) is 1.76. The highest BCUT2D eigenvalue weighted by atomic mass is 35.5. The van der Waals surface area contributed by atoms with E-state index in [4.69, 9.17) is 21.1 Å². The van der Waals surface area contributed by atoms with Crippen LogP contribution in [0.4, 0.5) is 0 Å². The number of hydrogen-bond acceptors (Lipinski definition) is 4. The summed E-state index contributed by atoms with van der Waals surface area (Å²) in [5.74, 6) is -0.301. The van der Waals surface area contributed by atoms with Crippen LogP contribution in [0.2, 0.25) is 5.02 Å². The van der Waals surface area contributed by atoms with Crippen molar-refractivity contribution >= 4 is 17.5 Å². The minimum atomic E-state index is -0.301. The summed E-state index contributed by atoms with van der Waals surface area (Å²) in [5.41, 5.74) is 2.20. The fourth-order valence-electron chi connectivity index (χ4n) is 2.35. The van der Waals surface area contributed by atoms with E-state index >= 15 is 0 Å². The second-order valence-electron chi connectivity index (χ2n) is 5.97. The topological polar surface area (TPSA) is 65.4 Å². The van der Waals surface area contributed by atoms with Crippen molar-refractivity contribution in [1.29, 1.82) is 0 Å². The lowest BCUT2D eigenvalue weighted by Gasteiger charge is -2.31. The third-order valence-corrected chi connectivity index (χ3v) is 4.34. The molecule has 1 N–H and O–H groups in total. The van der Waals surface area contributed by atoms with E-state index in [0.29, 0.717) is 24.8 Å². The molecule has 128 valence electrons. The highest BCUT2D eigenvalue weighted by molar-refractivity contribution is 6.34. The van der Waals surface area contributed by atoms with Gasteiger partial charge in [-0.1, -0.05) is 23.3 Å². The van der Waals surface area contributed by atoms with Gasteiger partial charge in [-0.15, -0.1) is 0 Å². The maximum absolute atomic E-state index is 12.4. The van der Waals surface area contributed by atoms with Crippen molar-refractivity contribution in [1.82, 2.24) is 15.1 Å². The molecule has 1 aromatic rings. The van der Waals surface area contributed by atoms with Crippen LogP contribution in [0.3, 0.4) is 0 Å². The number of carbonyl (C=O) groups is 1. The van der Waals surface area contributed by atoms with E-state index in [1.54, 1.807) is 11.7 Å². The first-order valence-corrected chi connectivity index (χ1v) is 8.10. The summed E-state index contributed by atoms with van der Waals surface area (Å²) in [6.07, 6.45) is 2.69. The van der Waals surface area contributed by atoms with Gasteiger partial charge in [0.05, 0.1) is 36.1 Å². The van der Waals surface area contributed by atoms with E-state index in [0.717, 1.165) is 12.1 Å². The number of hydrogen-bond donors (Lipinski definition) is 1. The molecule has 0 aromatic carbocycles. The summed E-state index contributed by atoms with van der Waals surface area (Å²) >= 11 is 6.17. The summed E-state index contributed by atoms with van der Waals surface area (Å²) in [6.45, 7) is 7.46. The molecule has 0 bridgehead atoms. The second kappa shape index (κ2) is 7.95. The first-order valence-electron chi connectivity index (χ1n) is 7.72. The van der Waals surface area contributed by atoms with E-state index < -0.39 is 0 Å². The second-order valence-corrected chi connectivity index (χ2v) is 6.35. The van der Waals surface area contributed by atoms with Crippen molar-refractivity contribution in [2.24, 2.45) is 7.05 Å². The molecule has 1 aromatic heterocycles. The Morgan fingerprint density at radius 2 is 2.30 bits per heavy atom. The highest BCUT2D eigenvalue weighted by Crippen LogP contribution is 2.20. The molecule has 1 saturated heterocycles. The van der Waals surface area contributed by atoms with Gasteiger partial charge in [0.25, 0.3) is 5.91 Å². The maximum atomic E-state index is 12.4. The zero-order valence-corrected chi connectivity index (χ0v) is 14.8. The van der Waals surface area contributed by atoms with Gasteiger partial charge in [-0.2, -0.15) is 5.10 Å². The normalized spacial score (nSPS) is 21.1. The zero-order valence-electron chi connectivity index (χ0n) is 14.1. The van der Waals surface area contributed by atoms with Gasteiger partial charge in [0.2, 0.25) is 0 Å². The Bertz CT molecular complexity index is 594. The molecule has 0 spiro atoms. The fraction of sp³-hybridized carbons (Fsp3) is 0.625. The fourth-order valence-corrected chi connectivity index (χ4v) is 2.60. The Labute approximate surface area is 141 Å². The van der Waals surface area contributed by atoms with Crippen molar-refractivity contribution in [2.45, 2.75) is 39.3 Å². The van der Waals surface area contributed by atoms with Gasteiger partial charge in [-0.05, 0) is 27.2 Å². The van der Waals surface area contributed by atoms with Crippen LogP contribution in [-0.4, -0.2) is 47.7 Å². The molecule has 2 rings (SSSR count). The number of aromatic nitrogens is 2.